The van der Waals surface area contributed by atoms with Crippen molar-refractivity contribution < 1.29 is 14.3 Å². The standard InChI is InChI=1S/C35H47N5O3.ClH/c1-25(2)22-39(23-26(3)4)34(41)28-14-15-33-32(18-28)37-35(36-29-19-30(42-6)21-31(20-29)43-7)40(33)17-11-16-38(5)24-27-12-9-8-10-13-27;/h8-10,12-15,18-21,25-26H,11,16-17,22-24H2,1-7H3,(H,36,37);1H. The molecule has 0 aliphatic rings. The molecule has 9 heteroatoms. The topological polar surface area (TPSA) is 71.9 Å². The number of imidazole rings is 1. The van der Waals surface area contributed by atoms with E-state index < -0.39 is 0 Å². The molecule has 0 saturated heterocycles. The van der Waals surface area contributed by atoms with Gasteiger partial charge in [0.05, 0.1) is 25.3 Å². The van der Waals surface area contributed by atoms with Crippen LogP contribution in [0.1, 0.15) is 50.0 Å². The molecule has 8 nitrogen and oxygen atoms in total. The van der Waals surface area contributed by atoms with Crippen molar-refractivity contribution in [2.24, 2.45) is 11.8 Å². The summed E-state index contributed by atoms with van der Waals surface area (Å²) in [5, 5.41) is 3.50. The van der Waals surface area contributed by atoms with Crippen LogP contribution in [0, 0.1) is 11.8 Å². The van der Waals surface area contributed by atoms with E-state index >= 15 is 0 Å². The molecule has 0 radical (unpaired) electrons. The summed E-state index contributed by atoms with van der Waals surface area (Å²) in [7, 11) is 5.43. The maximum absolute atomic E-state index is 13.6. The van der Waals surface area contributed by atoms with Gasteiger partial charge in [-0.15, -0.1) is 12.4 Å². The van der Waals surface area contributed by atoms with Crippen molar-refractivity contribution in [3.63, 3.8) is 0 Å². The normalized spacial score (nSPS) is 11.2. The number of carbonyl (C=O) groups is 1. The number of carbonyl (C=O) groups excluding carboxylic acids is 1. The number of nitrogens with zero attached hydrogens (tertiary/aromatic N) is 4. The Morgan fingerprint density at radius 1 is 0.909 bits per heavy atom. The second-order valence-electron chi connectivity index (χ2n) is 12.1. The first-order chi connectivity index (χ1) is 20.7. The molecule has 3 aromatic carbocycles. The van der Waals surface area contributed by atoms with Crippen molar-refractivity contribution in [1.82, 2.24) is 19.4 Å². The molecule has 1 aromatic heterocycles. The zero-order valence-corrected chi connectivity index (χ0v) is 28.0. The number of nitrogens with one attached hydrogen (secondary N) is 1. The first kappa shape index (κ1) is 34.7. The number of benzene rings is 3. The highest BCUT2D eigenvalue weighted by Crippen LogP contribution is 2.30. The third-order valence-corrected chi connectivity index (χ3v) is 7.28. The van der Waals surface area contributed by atoms with Gasteiger partial charge in [0.2, 0.25) is 5.95 Å². The van der Waals surface area contributed by atoms with Crippen molar-refractivity contribution in [1.29, 1.82) is 0 Å². The second-order valence-corrected chi connectivity index (χ2v) is 12.1. The van der Waals surface area contributed by atoms with Gasteiger partial charge in [-0.25, -0.2) is 4.98 Å². The molecule has 44 heavy (non-hydrogen) atoms. The highest BCUT2D eigenvalue weighted by molar-refractivity contribution is 5.98. The van der Waals surface area contributed by atoms with Crippen LogP contribution in [0.2, 0.25) is 0 Å². The summed E-state index contributed by atoms with van der Waals surface area (Å²) < 4.78 is 13.2. The summed E-state index contributed by atoms with van der Waals surface area (Å²) >= 11 is 0. The summed E-state index contributed by atoms with van der Waals surface area (Å²) in [6.45, 7) is 12.6. The third kappa shape index (κ3) is 9.37. The highest BCUT2D eigenvalue weighted by atomic mass is 35.5. The van der Waals surface area contributed by atoms with E-state index in [1.807, 2.05) is 47.4 Å². The van der Waals surface area contributed by atoms with Gasteiger partial charge < -0.3 is 29.2 Å². The number of fused-ring (bicyclic) bond motifs is 1. The Morgan fingerprint density at radius 2 is 1.55 bits per heavy atom. The molecule has 238 valence electrons. The van der Waals surface area contributed by atoms with Crippen molar-refractivity contribution in [2.45, 2.75) is 47.2 Å². The maximum Gasteiger partial charge on any atom is 0.253 e. The highest BCUT2D eigenvalue weighted by Gasteiger charge is 2.20. The van der Waals surface area contributed by atoms with Crippen molar-refractivity contribution in [3.8, 4) is 11.5 Å². The lowest BCUT2D eigenvalue weighted by atomic mass is 10.1. The fraction of sp³-hybridized carbons (Fsp3) is 0.429. The monoisotopic (exact) mass is 621 g/mol. The van der Waals surface area contributed by atoms with E-state index in [1.54, 1.807) is 14.2 Å². The van der Waals surface area contributed by atoms with E-state index in [0.29, 0.717) is 34.8 Å². The van der Waals surface area contributed by atoms with Crippen molar-refractivity contribution in [2.75, 3.05) is 46.2 Å². The lowest BCUT2D eigenvalue weighted by molar-refractivity contribution is 0.0715. The number of aromatic nitrogens is 2. The van der Waals surface area contributed by atoms with Gasteiger partial charge in [0.15, 0.2) is 0 Å². The second kappa shape index (κ2) is 16.4. The fourth-order valence-corrected chi connectivity index (χ4v) is 5.37. The third-order valence-electron chi connectivity index (χ3n) is 7.28. The fourth-order valence-electron chi connectivity index (χ4n) is 5.37. The number of aryl methyl sites for hydroxylation is 1. The molecule has 0 fully saturated rings. The van der Waals surface area contributed by atoms with Crippen LogP contribution < -0.4 is 14.8 Å². The van der Waals surface area contributed by atoms with Gasteiger partial charge in [-0.2, -0.15) is 0 Å². The Morgan fingerprint density at radius 3 is 2.14 bits per heavy atom. The lowest BCUT2D eigenvalue weighted by Crippen LogP contribution is -2.37. The molecule has 1 amide bonds. The predicted octanol–water partition coefficient (Wildman–Crippen LogP) is 7.50. The average Bonchev–Trinajstić information content (AvgIpc) is 3.32. The van der Waals surface area contributed by atoms with Gasteiger partial charge in [0.25, 0.3) is 5.91 Å². The lowest BCUT2D eigenvalue weighted by Gasteiger charge is -2.26. The molecule has 0 unspecified atom stereocenters. The van der Waals surface area contributed by atoms with Crippen LogP contribution in [0.15, 0.2) is 66.7 Å². The minimum absolute atomic E-state index is 0. The number of ether oxygens (including phenoxy) is 2. The Labute approximate surface area is 268 Å². The Bertz CT molecular complexity index is 1460. The molecule has 1 heterocycles. The zero-order chi connectivity index (χ0) is 30.9. The van der Waals surface area contributed by atoms with E-state index in [0.717, 1.165) is 55.9 Å². The zero-order valence-electron chi connectivity index (χ0n) is 27.2. The van der Waals surface area contributed by atoms with Crippen LogP contribution in [0.25, 0.3) is 11.0 Å². The first-order valence-electron chi connectivity index (χ1n) is 15.2. The van der Waals surface area contributed by atoms with E-state index in [-0.39, 0.29) is 18.3 Å². The summed E-state index contributed by atoms with van der Waals surface area (Å²) in [6.07, 6.45) is 0.933. The number of hydrogen-bond acceptors (Lipinski definition) is 6. The predicted molar refractivity (Wildman–Crippen MR) is 183 cm³/mol. The van der Waals surface area contributed by atoms with Gasteiger partial charge in [-0.3, -0.25) is 4.79 Å². The molecule has 4 rings (SSSR count). The number of methoxy groups -OCH3 is 2. The average molecular weight is 622 g/mol. The number of rotatable bonds is 15. The van der Waals surface area contributed by atoms with Crippen LogP contribution in [0.5, 0.6) is 11.5 Å². The van der Waals surface area contributed by atoms with Gasteiger partial charge in [-0.1, -0.05) is 58.0 Å². The van der Waals surface area contributed by atoms with Gasteiger partial charge in [-0.05, 0) is 55.6 Å². The largest absolute Gasteiger partial charge is 0.497 e. The van der Waals surface area contributed by atoms with Gasteiger partial charge in [0.1, 0.15) is 11.5 Å². The number of halogens is 1. The molecule has 0 saturated carbocycles. The SMILES string of the molecule is COc1cc(Nc2nc3cc(C(=O)N(CC(C)C)CC(C)C)ccc3n2CCCN(C)Cc2ccccc2)cc(OC)c1.Cl. The van der Waals surface area contributed by atoms with E-state index in [1.165, 1.54) is 5.56 Å². The Kier molecular flexibility index (Phi) is 12.9. The quantitative estimate of drug-likeness (QED) is 0.148. The molecule has 0 atom stereocenters. The summed E-state index contributed by atoms with van der Waals surface area (Å²) in [6, 6.07) is 22.1. The van der Waals surface area contributed by atoms with E-state index in [4.69, 9.17) is 14.5 Å². The number of anilines is 2. The van der Waals surface area contributed by atoms with Gasteiger partial charge >= 0.3 is 0 Å². The minimum atomic E-state index is 0. The summed E-state index contributed by atoms with van der Waals surface area (Å²) in [4.78, 5) is 22.9. The molecule has 0 aliphatic carbocycles. The van der Waals surface area contributed by atoms with E-state index in [2.05, 4.69) is 73.8 Å². The van der Waals surface area contributed by atoms with E-state index in [9.17, 15) is 4.79 Å². The maximum atomic E-state index is 13.6. The molecule has 1 N–H and O–H groups in total. The Hall–Kier alpha value is -3.75. The molecular weight excluding hydrogens is 574 g/mol. The Balaban J connectivity index is 0.00000529. The molecular formula is C35H48ClN5O3. The van der Waals surface area contributed by atoms with Crippen LogP contribution in [-0.2, 0) is 13.1 Å². The van der Waals surface area contributed by atoms with Crippen LogP contribution in [0.3, 0.4) is 0 Å². The van der Waals surface area contributed by atoms with Crippen LogP contribution >= 0.6 is 12.4 Å². The smallest absolute Gasteiger partial charge is 0.253 e. The van der Waals surface area contributed by atoms with Crippen LogP contribution in [0.4, 0.5) is 11.6 Å². The van der Waals surface area contributed by atoms with Crippen LogP contribution in [-0.4, -0.2) is 66.2 Å². The molecule has 0 aliphatic heterocycles. The molecule has 0 bridgehead atoms. The molecule has 4 aromatic rings. The van der Waals surface area contributed by atoms with Crippen molar-refractivity contribution in [3.05, 3.63) is 77.9 Å². The first-order valence-corrected chi connectivity index (χ1v) is 15.2. The summed E-state index contributed by atoms with van der Waals surface area (Å²) in [5.41, 5.74) is 4.54. The van der Waals surface area contributed by atoms with Crippen molar-refractivity contribution >= 4 is 41.0 Å². The van der Waals surface area contributed by atoms with Gasteiger partial charge in [0, 0.05) is 55.6 Å². The number of amides is 1. The molecule has 0 spiro atoms. The minimum Gasteiger partial charge on any atom is -0.497 e. The summed E-state index contributed by atoms with van der Waals surface area (Å²) in [5.74, 6) is 2.92. The number of hydrogen-bond donors (Lipinski definition) is 1.